The molecule has 1 unspecified atom stereocenters. The van der Waals surface area contributed by atoms with Crippen molar-refractivity contribution < 1.29 is 4.79 Å². The van der Waals surface area contributed by atoms with Crippen molar-refractivity contribution in [2.45, 2.75) is 40.7 Å². The molecule has 1 aliphatic heterocycles. The average Bonchev–Trinajstić information content (AvgIpc) is 3.11. The van der Waals surface area contributed by atoms with Gasteiger partial charge in [0.1, 0.15) is 0 Å². The zero-order valence-electron chi connectivity index (χ0n) is 15.8. The Labute approximate surface area is 150 Å². The van der Waals surface area contributed by atoms with Crippen LogP contribution in [0.2, 0.25) is 0 Å². The number of carbonyl (C=O) groups is 1. The van der Waals surface area contributed by atoms with E-state index in [1.807, 2.05) is 13.8 Å². The molecule has 0 saturated carbocycles. The molecule has 1 aliphatic rings. The van der Waals surface area contributed by atoms with Crippen molar-refractivity contribution in [2.24, 2.45) is 5.92 Å². The van der Waals surface area contributed by atoms with Crippen LogP contribution in [0.1, 0.15) is 37.1 Å². The summed E-state index contributed by atoms with van der Waals surface area (Å²) in [7, 11) is 0. The first-order chi connectivity index (χ1) is 11.9. The summed E-state index contributed by atoms with van der Waals surface area (Å²) in [6, 6.07) is 6.59. The summed E-state index contributed by atoms with van der Waals surface area (Å²) in [4.78, 5) is 17.8. The third-order valence-corrected chi connectivity index (χ3v) is 5.05. The number of allylic oxidation sites excluding steroid dienone is 1. The molecule has 2 aromatic rings. The summed E-state index contributed by atoms with van der Waals surface area (Å²) in [6.07, 6.45) is 2.82. The van der Waals surface area contributed by atoms with E-state index >= 15 is 0 Å². The van der Waals surface area contributed by atoms with Gasteiger partial charge in [-0.05, 0) is 64.3 Å². The van der Waals surface area contributed by atoms with Crippen molar-refractivity contribution in [1.82, 2.24) is 15.2 Å². The monoisotopic (exact) mass is 339 g/mol. The molecule has 0 bridgehead atoms. The predicted octanol–water partition coefficient (Wildman–Crippen LogP) is 3.69. The third kappa shape index (κ3) is 4.31. The van der Waals surface area contributed by atoms with Gasteiger partial charge in [-0.1, -0.05) is 17.2 Å². The van der Waals surface area contributed by atoms with E-state index in [2.05, 4.69) is 47.2 Å². The Morgan fingerprint density at radius 2 is 2.16 bits per heavy atom. The van der Waals surface area contributed by atoms with Crippen LogP contribution in [0, 0.1) is 19.8 Å². The van der Waals surface area contributed by atoms with Gasteiger partial charge in [-0.2, -0.15) is 0 Å². The molecule has 134 valence electrons. The highest BCUT2D eigenvalue weighted by Crippen LogP contribution is 2.25. The minimum absolute atomic E-state index is 0.0280. The topological polar surface area (TPSA) is 48.1 Å². The largest absolute Gasteiger partial charge is 0.357 e. The van der Waals surface area contributed by atoms with Crippen LogP contribution in [0.4, 0.5) is 0 Å². The van der Waals surface area contributed by atoms with Gasteiger partial charge in [0, 0.05) is 42.3 Å². The first-order valence-corrected chi connectivity index (χ1v) is 9.15. The molecule has 0 radical (unpaired) electrons. The van der Waals surface area contributed by atoms with E-state index in [1.165, 1.54) is 27.7 Å². The second-order valence-corrected chi connectivity index (χ2v) is 7.63. The van der Waals surface area contributed by atoms with E-state index in [0.717, 1.165) is 38.2 Å². The molecule has 1 saturated heterocycles. The minimum atomic E-state index is 0.0280. The van der Waals surface area contributed by atoms with Crippen molar-refractivity contribution in [2.75, 3.05) is 19.6 Å². The molecule has 25 heavy (non-hydrogen) atoms. The Balaban J connectivity index is 1.57. The van der Waals surface area contributed by atoms with E-state index in [0.29, 0.717) is 5.92 Å². The number of fused-ring (bicyclic) bond motifs is 1. The molecule has 4 nitrogen and oxygen atoms in total. The second-order valence-electron chi connectivity index (χ2n) is 7.63. The molecule has 3 rings (SSSR count). The fraction of sp³-hybridized carbons (Fsp3) is 0.476. The van der Waals surface area contributed by atoms with Crippen molar-refractivity contribution in [3.8, 4) is 0 Å². The number of aryl methyl sites for hydroxylation is 2. The average molecular weight is 339 g/mol. The van der Waals surface area contributed by atoms with E-state index in [9.17, 15) is 4.79 Å². The molecule has 1 atom stereocenters. The van der Waals surface area contributed by atoms with Gasteiger partial charge in [0.05, 0.1) is 0 Å². The molecule has 4 heteroatoms. The third-order valence-electron chi connectivity index (χ3n) is 5.05. The number of aromatic nitrogens is 1. The highest BCUT2D eigenvalue weighted by molar-refractivity contribution is 5.88. The minimum Gasteiger partial charge on any atom is -0.357 e. The highest BCUT2D eigenvalue weighted by Gasteiger charge is 2.23. The molecule has 0 spiro atoms. The maximum atomic E-state index is 11.7. The Kier molecular flexibility index (Phi) is 5.28. The number of nitrogens with zero attached hydrogens (tertiary/aromatic N) is 1. The molecule has 1 aromatic heterocycles. The summed E-state index contributed by atoms with van der Waals surface area (Å²) < 4.78 is 0. The number of aromatic amines is 1. The molecule has 1 aromatic carbocycles. The van der Waals surface area contributed by atoms with Gasteiger partial charge in [-0.3, -0.25) is 9.69 Å². The molecular formula is C21H29N3O. The Bertz CT molecular complexity index is 799. The van der Waals surface area contributed by atoms with Gasteiger partial charge in [-0.15, -0.1) is 0 Å². The van der Waals surface area contributed by atoms with Crippen molar-refractivity contribution in [3.05, 3.63) is 46.7 Å². The maximum absolute atomic E-state index is 11.7. The lowest BCUT2D eigenvalue weighted by atomic mass is 10.1. The lowest BCUT2D eigenvalue weighted by molar-refractivity contribution is -0.116. The summed E-state index contributed by atoms with van der Waals surface area (Å²) in [5.41, 5.74) is 6.24. The summed E-state index contributed by atoms with van der Waals surface area (Å²) in [6.45, 7) is 12.1. The number of nitrogens with one attached hydrogen (secondary N) is 2. The summed E-state index contributed by atoms with van der Waals surface area (Å²) >= 11 is 0. The molecule has 1 amide bonds. The van der Waals surface area contributed by atoms with Crippen LogP contribution < -0.4 is 5.32 Å². The van der Waals surface area contributed by atoms with E-state index < -0.39 is 0 Å². The van der Waals surface area contributed by atoms with Gasteiger partial charge in [0.2, 0.25) is 5.91 Å². The number of amides is 1. The first-order valence-electron chi connectivity index (χ1n) is 9.15. The molecule has 2 N–H and O–H groups in total. The quantitative estimate of drug-likeness (QED) is 0.816. The number of benzene rings is 1. The predicted molar refractivity (Wildman–Crippen MR) is 104 cm³/mol. The van der Waals surface area contributed by atoms with Crippen LogP contribution in [0.5, 0.6) is 0 Å². The molecule has 2 heterocycles. The summed E-state index contributed by atoms with van der Waals surface area (Å²) in [5, 5.41) is 4.36. The second kappa shape index (κ2) is 7.44. The Morgan fingerprint density at radius 1 is 1.36 bits per heavy atom. The van der Waals surface area contributed by atoms with Crippen LogP contribution in [0.15, 0.2) is 29.8 Å². The van der Waals surface area contributed by atoms with Crippen LogP contribution in [-0.4, -0.2) is 35.4 Å². The van der Waals surface area contributed by atoms with Gasteiger partial charge >= 0.3 is 0 Å². The molecule has 0 aliphatic carbocycles. The summed E-state index contributed by atoms with van der Waals surface area (Å²) in [5.74, 6) is 0.571. The van der Waals surface area contributed by atoms with Crippen molar-refractivity contribution in [3.63, 3.8) is 0 Å². The van der Waals surface area contributed by atoms with Gasteiger partial charge in [0.25, 0.3) is 0 Å². The fourth-order valence-electron chi connectivity index (χ4n) is 3.66. The number of H-pyrrole nitrogens is 1. The van der Waals surface area contributed by atoms with Crippen LogP contribution >= 0.6 is 0 Å². The fourth-order valence-corrected chi connectivity index (χ4v) is 3.66. The molecule has 1 fully saturated rings. The lowest BCUT2D eigenvalue weighted by Crippen LogP contribution is -2.30. The smallest absolute Gasteiger partial charge is 0.243 e. The number of likely N-dealkylation sites (tertiary alicyclic amines) is 1. The highest BCUT2D eigenvalue weighted by atomic mass is 16.1. The van der Waals surface area contributed by atoms with Crippen LogP contribution in [-0.2, 0) is 11.3 Å². The Hall–Kier alpha value is -2.07. The number of hydrogen-bond acceptors (Lipinski definition) is 2. The molecular weight excluding hydrogens is 310 g/mol. The van der Waals surface area contributed by atoms with E-state index in [-0.39, 0.29) is 5.91 Å². The Morgan fingerprint density at radius 3 is 2.92 bits per heavy atom. The van der Waals surface area contributed by atoms with Crippen molar-refractivity contribution >= 4 is 16.8 Å². The standard InChI is InChI=1S/C21H29N3O/c1-14(2)9-21(25)22-11-17-7-8-24(12-17)13-20-16(4)18-10-15(3)5-6-19(18)23-20/h5-6,9-10,17,23H,7-8,11-13H2,1-4H3,(H,22,25). The SMILES string of the molecule is CC(C)=CC(=O)NCC1CCN(Cc2[nH]c3ccc(C)cc3c2C)C1. The zero-order chi connectivity index (χ0) is 18.0. The number of carbonyl (C=O) groups excluding carboxylic acids is 1. The van der Waals surface area contributed by atoms with E-state index in [4.69, 9.17) is 0 Å². The maximum Gasteiger partial charge on any atom is 0.243 e. The van der Waals surface area contributed by atoms with Crippen LogP contribution in [0.3, 0.4) is 0 Å². The van der Waals surface area contributed by atoms with E-state index in [1.54, 1.807) is 6.08 Å². The van der Waals surface area contributed by atoms with Gasteiger partial charge < -0.3 is 10.3 Å². The van der Waals surface area contributed by atoms with Gasteiger partial charge in [-0.25, -0.2) is 0 Å². The zero-order valence-corrected chi connectivity index (χ0v) is 15.8. The van der Waals surface area contributed by atoms with Crippen molar-refractivity contribution in [1.29, 1.82) is 0 Å². The normalized spacial score (nSPS) is 17.8. The lowest BCUT2D eigenvalue weighted by Gasteiger charge is -2.16. The van der Waals surface area contributed by atoms with Crippen LogP contribution in [0.25, 0.3) is 10.9 Å². The van der Waals surface area contributed by atoms with Gasteiger partial charge in [0.15, 0.2) is 0 Å². The number of hydrogen-bond donors (Lipinski definition) is 2. The number of rotatable bonds is 5. The first kappa shape index (κ1) is 17.7.